The molecule has 0 saturated carbocycles. The molecule has 1 amide bonds. The van der Waals surface area contributed by atoms with Gasteiger partial charge in [0.1, 0.15) is 0 Å². The van der Waals surface area contributed by atoms with Crippen molar-refractivity contribution in [3.63, 3.8) is 0 Å². The van der Waals surface area contributed by atoms with Crippen molar-refractivity contribution >= 4 is 5.91 Å². The van der Waals surface area contributed by atoms with Crippen LogP contribution in [-0.2, 0) is 4.79 Å². The van der Waals surface area contributed by atoms with Crippen molar-refractivity contribution in [2.24, 2.45) is 17.6 Å². The van der Waals surface area contributed by atoms with Crippen molar-refractivity contribution in [2.45, 2.75) is 46.1 Å². The van der Waals surface area contributed by atoms with Crippen molar-refractivity contribution in [3.05, 3.63) is 0 Å². The van der Waals surface area contributed by atoms with Crippen LogP contribution in [-0.4, -0.2) is 30.2 Å². The molecule has 96 valence electrons. The van der Waals surface area contributed by atoms with Gasteiger partial charge >= 0.3 is 0 Å². The average molecular weight is 230 g/mol. The number of amides is 1. The summed E-state index contributed by atoms with van der Waals surface area (Å²) >= 11 is 0. The second-order valence-electron chi connectivity index (χ2n) is 4.44. The Kier molecular flexibility index (Phi) is 8.21. The molecule has 4 N–H and O–H groups in total. The fraction of sp³-hybridized carbons (Fsp3) is 0.917. The molecule has 0 aliphatic heterocycles. The lowest BCUT2D eigenvalue weighted by Crippen LogP contribution is -2.45. The van der Waals surface area contributed by atoms with Crippen molar-refractivity contribution < 1.29 is 9.90 Å². The number of aliphatic hydroxyl groups excluding tert-OH is 1. The van der Waals surface area contributed by atoms with Gasteiger partial charge in [-0.15, -0.1) is 0 Å². The van der Waals surface area contributed by atoms with Crippen LogP contribution in [0.25, 0.3) is 0 Å². The highest BCUT2D eigenvalue weighted by molar-refractivity contribution is 5.81. The van der Waals surface area contributed by atoms with Crippen molar-refractivity contribution in [3.8, 4) is 0 Å². The summed E-state index contributed by atoms with van der Waals surface area (Å²) in [6.45, 7) is 6.85. The summed E-state index contributed by atoms with van der Waals surface area (Å²) in [5.74, 6) is 0.474. The smallest absolute Gasteiger partial charge is 0.237 e. The van der Waals surface area contributed by atoms with Crippen LogP contribution in [0.15, 0.2) is 0 Å². The number of carbonyl (C=O) groups excluding carboxylic acids is 1. The molecule has 0 aromatic rings. The molecule has 3 unspecified atom stereocenters. The molecule has 0 aromatic carbocycles. The fourth-order valence-corrected chi connectivity index (χ4v) is 1.51. The summed E-state index contributed by atoms with van der Waals surface area (Å²) in [5.41, 5.74) is 5.81. The molecular formula is C12H26N2O2. The first-order chi connectivity index (χ1) is 7.56. The Balaban J connectivity index is 3.95. The lowest BCUT2D eigenvalue weighted by atomic mass is 9.98. The molecule has 0 aliphatic rings. The topological polar surface area (TPSA) is 75.3 Å². The van der Waals surface area contributed by atoms with Crippen LogP contribution in [0.3, 0.4) is 0 Å². The average Bonchev–Trinajstić information content (AvgIpc) is 2.31. The van der Waals surface area contributed by atoms with E-state index in [2.05, 4.69) is 12.2 Å². The number of hydrogen-bond donors (Lipinski definition) is 3. The summed E-state index contributed by atoms with van der Waals surface area (Å²) in [4.78, 5) is 11.7. The summed E-state index contributed by atoms with van der Waals surface area (Å²) in [7, 11) is 0. The van der Waals surface area contributed by atoms with E-state index in [1.807, 2.05) is 13.8 Å². The third-order valence-corrected chi connectivity index (χ3v) is 3.24. The molecular weight excluding hydrogens is 204 g/mol. The Bertz CT molecular complexity index is 197. The zero-order chi connectivity index (χ0) is 12.6. The minimum absolute atomic E-state index is 0.0780. The van der Waals surface area contributed by atoms with E-state index in [0.29, 0.717) is 12.5 Å². The van der Waals surface area contributed by atoms with E-state index < -0.39 is 6.04 Å². The van der Waals surface area contributed by atoms with Gasteiger partial charge in [-0.2, -0.15) is 0 Å². The summed E-state index contributed by atoms with van der Waals surface area (Å²) in [5, 5.41) is 11.7. The zero-order valence-corrected chi connectivity index (χ0v) is 10.7. The SMILES string of the molecule is CCC(CCO)CNC(=O)C(N)C(C)CC. The van der Waals surface area contributed by atoms with Crippen molar-refractivity contribution in [1.82, 2.24) is 5.32 Å². The quantitative estimate of drug-likeness (QED) is 0.579. The Morgan fingerprint density at radius 1 is 1.38 bits per heavy atom. The molecule has 3 atom stereocenters. The molecule has 0 spiro atoms. The van der Waals surface area contributed by atoms with E-state index in [-0.39, 0.29) is 18.4 Å². The van der Waals surface area contributed by atoms with Gasteiger partial charge in [0.2, 0.25) is 5.91 Å². The lowest BCUT2D eigenvalue weighted by Gasteiger charge is -2.20. The fourth-order valence-electron chi connectivity index (χ4n) is 1.51. The largest absolute Gasteiger partial charge is 0.396 e. The van der Waals surface area contributed by atoms with Crippen LogP contribution in [0, 0.1) is 11.8 Å². The van der Waals surface area contributed by atoms with Gasteiger partial charge in [0.25, 0.3) is 0 Å². The maximum atomic E-state index is 11.7. The van der Waals surface area contributed by atoms with Crippen LogP contribution >= 0.6 is 0 Å². The number of aliphatic hydroxyl groups is 1. The van der Waals surface area contributed by atoms with Gasteiger partial charge < -0.3 is 16.2 Å². The standard InChI is InChI=1S/C12H26N2O2/c1-4-9(3)11(13)12(16)14-8-10(5-2)6-7-15/h9-11,15H,4-8,13H2,1-3H3,(H,14,16). The van der Waals surface area contributed by atoms with Crippen LogP contribution in [0.2, 0.25) is 0 Å². The van der Waals surface area contributed by atoms with Gasteiger partial charge in [-0.05, 0) is 18.3 Å². The first-order valence-corrected chi connectivity index (χ1v) is 6.20. The maximum Gasteiger partial charge on any atom is 0.237 e. The van der Waals surface area contributed by atoms with Gasteiger partial charge in [0, 0.05) is 13.2 Å². The van der Waals surface area contributed by atoms with Gasteiger partial charge in [-0.3, -0.25) is 4.79 Å². The normalized spacial score (nSPS) is 16.6. The third kappa shape index (κ3) is 5.47. The van der Waals surface area contributed by atoms with Gasteiger partial charge in [0.05, 0.1) is 6.04 Å². The van der Waals surface area contributed by atoms with Gasteiger partial charge in [0.15, 0.2) is 0 Å². The Labute approximate surface area is 98.6 Å². The number of hydrogen-bond acceptors (Lipinski definition) is 3. The summed E-state index contributed by atoms with van der Waals surface area (Å²) < 4.78 is 0. The molecule has 0 aromatic heterocycles. The van der Waals surface area contributed by atoms with Crippen LogP contribution in [0.5, 0.6) is 0 Å². The van der Waals surface area contributed by atoms with E-state index >= 15 is 0 Å². The summed E-state index contributed by atoms with van der Waals surface area (Å²) in [6.07, 6.45) is 2.59. The predicted octanol–water partition coefficient (Wildman–Crippen LogP) is 0.885. The monoisotopic (exact) mass is 230 g/mol. The Morgan fingerprint density at radius 2 is 2.00 bits per heavy atom. The molecule has 16 heavy (non-hydrogen) atoms. The number of rotatable bonds is 8. The van der Waals surface area contributed by atoms with E-state index in [1.165, 1.54) is 0 Å². The van der Waals surface area contributed by atoms with Gasteiger partial charge in [-0.25, -0.2) is 0 Å². The minimum atomic E-state index is -0.420. The molecule has 0 radical (unpaired) electrons. The molecule has 0 rings (SSSR count). The molecule has 4 nitrogen and oxygen atoms in total. The third-order valence-electron chi connectivity index (χ3n) is 3.24. The van der Waals surface area contributed by atoms with E-state index in [1.54, 1.807) is 0 Å². The minimum Gasteiger partial charge on any atom is -0.396 e. The first-order valence-electron chi connectivity index (χ1n) is 6.20. The highest BCUT2D eigenvalue weighted by atomic mass is 16.3. The second-order valence-corrected chi connectivity index (χ2v) is 4.44. The van der Waals surface area contributed by atoms with Crippen LogP contribution in [0.4, 0.5) is 0 Å². The van der Waals surface area contributed by atoms with E-state index in [0.717, 1.165) is 19.3 Å². The zero-order valence-electron chi connectivity index (χ0n) is 10.7. The molecule has 0 bridgehead atoms. The number of nitrogens with two attached hydrogens (primary N) is 1. The molecule has 4 heteroatoms. The van der Waals surface area contributed by atoms with E-state index in [9.17, 15) is 4.79 Å². The second kappa shape index (κ2) is 8.53. The molecule has 0 saturated heterocycles. The predicted molar refractivity (Wildman–Crippen MR) is 65.9 cm³/mol. The molecule has 0 fully saturated rings. The van der Waals surface area contributed by atoms with E-state index in [4.69, 9.17) is 10.8 Å². The van der Waals surface area contributed by atoms with Crippen molar-refractivity contribution in [2.75, 3.05) is 13.2 Å². The Hall–Kier alpha value is -0.610. The highest BCUT2D eigenvalue weighted by Gasteiger charge is 2.19. The maximum absolute atomic E-state index is 11.7. The van der Waals surface area contributed by atoms with Crippen LogP contribution in [0.1, 0.15) is 40.0 Å². The Morgan fingerprint density at radius 3 is 2.44 bits per heavy atom. The van der Waals surface area contributed by atoms with Crippen LogP contribution < -0.4 is 11.1 Å². The lowest BCUT2D eigenvalue weighted by molar-refractivity contribution is -0.123. The van der Waals surface area contributed by atoms with Gasteiger partial charge in [-0.1, -0.05) is 33.6 Å². The highest BCUT2D eigenvalue weighted by Crippen LogP contribution is 2.08. The molecule has 0 aliphatic carbocycles. The number of carbonyl (C=O) groups is 1. The first kappa shape index (κ1) is 15.4. The summed E-state index contributed by atoms with van der Waals surface area (Å²) in [6, 6.07) is -0.420. The number of nitrogens with one attached hydrogen (secondary N) is 1. The molecule has 0 heterocycles. The van der Waals surface area contributed by atoms with Crippen molar-refractivity contribution in [1.29, 1.82) is 0 Å².